The van der Waals surface area contributed by atoms with Crippen LogP contribution in [-0.4, -0.2) is 21.0 Å². The van der Waals surface area contributed by atoms with Crippen molar-refractivity contribution in [3.63, 3.8) is 0 Å². The number of nitrogens with zero attached hydrogens (tertiary/aromatic N) is 1. The Morgan fingerprint density at radius 1 is 1.39 bits per heavy atom. The summed E-state index contributed by atoms with van der Waals surface area (Å²) in [5, 5.41) is 0.969. The van der Waals surface area contributed by atoms with E-state index in [-0.39, 0.29) is 5.25 Å². The van der Waals surface area contributed by atoms with Gasteiger partial charge < -0.3 is 4.98 Å². The van der Waals surface area contributed by atoms with Gasteiger partial charge in [-0.25, -0.2) is 4.98 Å². The summed E-state index contributed by atoms with van der Waals surface area (Å²) in [6.07, 6.45) is 3.93. The molecule has 18 heavy (non-hydrogen) atoms. The molecule has 0 unspecified atom stereocenters. The van der Waals surface area contributed by atoms with E-state index in [4.69, 9.17) is 0 Å². The number of aromatic nitrogens is 2. The van der Waals surface area contributed by atoms with E-state index in [0.717, 1.165) is 41.9 Å². The second-order valence-electron chi connectivity index (χ2n) is 4.88. The Kier molecular flexibility index (Phi) is 3.12. The molecule has 0 aliphatic heterocycles. The van der Waals surface area contributed by atoms with Crippen molar-refractivity contribution in [3.05, 3.63) is 23.8 Å². The molecule has 0 spiro atoms. The summed E-state index contributed by atoms with van der Waals surface area (Å²) in [5.74, 6) is 0.378. The minimum atomic E-state index is 0.0976. The Hall–Kier alpha value is -1.29. The number of fused-ring (bicyclic) bond motifs is 1. The largest absolute Gasteiger partial charge is 0.333 e. The lowest BCUT2D eigenvalue weighted by Crippen LogP contribution is -2.21. The zero-order valence-electron chi connectivity index (χ0n) is 10.4. The van der Waals surface area contributed by atoms with Crippen molar-refractivity contribution in [1.82, 2.24) is 9.97 Å². The summed E-state index contributed by atoms with van der Waals surface area (Å²) in [4.78, 5) is 19.6. The van der Waals surface area contributed by atoms with Crippen LogP contribution in [0.5, 0.6) is 0 Å². The van der Waals surface area contributed by atoms with E-state index in [1.165, 1.54) is 5.56 Å². The van der Waals surface area contributed by atoms with Crippen molar-refractivity contribution in [1.29, 1.82) is 0 Å². The van der Waals surface area contributed by atoms with Crippen LogP contribution in [0, 0.1) is 6.92 Å². The standard InChI is InChI=1S/C14H16N2OS/c1-9-6-7-10-11(8-9)16-14(15-10)18-13-5-3-2-4-12(13)17/h6-8,13H,2-5H2,1H3,(H,15,16)/t13-/m0/s1. The number of thioether (sulfide) groups is 1. The third kappa shape index (κ3) is 2.29. The van der Waals surface area contributed by atoms with Crippen LogP contribution in [-0.2, 0) is 4.79 Å². The highest BCUT2D eigenvalue weighted by Crippen LogP contribution is 2.31. The predicted octanol–water partition coefficient (Wildman–Crippen LogP) is 3.48. The number of imidazole rings is 1. The Balaban J connectivity index is 1.84. The average molecular weight is 260 g/mol. The minimum absolute atomic E-state index is 0.0976. The van der Waals surface area contributed by atoms with Crippen molar-refractivity contribution in [2.45, 2.75) is 43.0 Å². The van der Waals surface area contributed by atoms with Crippen LogP contribution in [0.4, 0.5) is 0 Å². The molecule has 4 heteroatoms. The van der Waals surface area contributed by atoms with Gasteiger partial charge in [0.15, 0.2) is 5.16 Å². The lowest BCUT2D eigenvalue weighted by molar-refractivity contribution is -0.119. The highest BCUT2D eigenvalue weighted by atomic mass is 32.2. The molecule has 3 nitrogen and oxygen atoms in total. The van der Waals surface area contributed by atoms with Gasteiger partial charge in [0.25, 0.3) is 0 Å². The number of H-pyrrole nitrogens is 1. The summed E-state index contributed by atoms with van der Waals surface area (Å²) in [5.41, 5.74) is 3.25. The van der Waals surface area contributed by atoms with Gasteiger partial charge in [-0.15, -0.1) is 0 Å². The van der Waals surface area contributed by atoms with Gasteiger partial charge >= 0.3 is 0 Å². The van der Waals surface area contributed by atoms with Gasteiger partial charge in [0.1, 0.15) is 5.78 Å². The maximum absolute atomic E-state index is 11.8. The van der Waals surface area contributed by atoms with E-state index in [2.05, 4.69) is 29.0 Å². The average Bonchev–Trinajstić information content (AvgIpc) is 2.73. The fraction of sp³-hybridized carbons (Fsp3) is 0.429. The third-order valence-corrected chi connectivity index (χ3v) is 4.57. The van der Waals surface area contributed by atoms with Crippen molar-refractivity contribution in [2.24, 2.45) is 0 Å². The molecule has 1 saturated carbocycles. The Bertz CT molecular complexity index is 590. The molecule has 0 amide bonds. The Labute approximate surface area is 110 Å². The number of aromatic amines is 1. The summed E-state index contributed by atoms with van der Waals surface area (Å²) < 4.78 is 0. The Morgan fingerprint density at radius 2 is 2.28 bits per heavy atom. The van der Waals surface area contributed by atoms with Gasteiger partial charge in [-0.3, -0.25) is 4.79 Å². The molecule has 1 aliphatic carbocycles. The normalized spacial score (nSPS) is 20.5. The highest BCUT2D eigenvalue weighted by molar-refractivity contribution is 8.00. The number of hydrogen-bond donors (Lipinski definition) is 1. The molecule has 1 heterocycles. The first-order valence-corrected chi connectivity index (χ1v) is 7.26. The van der Waals surface area contributed by atoms with Gasteiger partial charge in [0.2, 0.25) is 0 Å². The summed E-state index contributed by atoms with van der Waals surface area (Å²) in [6.45, 7) is 2.07. The highest BCUT2D eigenvalue weighted by Gasteiger charge is 2.24. The quantitative estimate of drug-likeness (QED) is 0.899. The summed E-state index contributed by atoms with van der Waals surface area (Å²) >= 11 is 1.59. The summed E-state index contributed by atoms with van der Waals surface area (Å²) in [6, 6.07) is 6.17. The van der Waals surface area contributed by atoms with E-state index >= 15 is 0 Å². The molecule has 1 fully saturated rings. The second-order valence-corrected chi connectivity index (χ2v) is 6.07. The van der Waals surface area contributed by atoms with E-state index in [0.29, 0.717) is 5.78 Å². The molecule has 1 N–H and O–H groups in total. The number of benzene rings is 1. The molecule has 1 aromatic carbocycles. The molecular formula is C14H16N2OS. The second kappa shape index (κ2) is 4.76. The zero-order valence-corrected chi connectivity index (χ0v) is 11.2. The number of ketones is 1. The molecule has 2 aromatic rings. The fourth-order valence-electron chi connectivity index (χ4n) is 2.37. The topological polar surface area (TPSA) is 45.8 Å². The molecule has 94 valence electrons. The van der Waals surface area contributed by atoms with Crippen LogP contribution in [0.2, 0.25) is 0 Å². The van der Waals surface area contributed by atoms with Crippen molar-refractivity contribution < 1.29 is 4.79 Å². The SMILES string of the molecule is Cc1ccc2nc(S[C@H]3CCCCC3=O)[nH]c2c1. The molecule has 1 aromatic heterocycles. The molecule has 0 radical (unpaired) electrons. The van der Waals surface area contributed by atoms with Crippen molar-refractivity contribution in [2.75, 3.05) is 0 Å². The fourth-order valence-corrected chi connectivity index (χ4v) is 3.49. The van der Waals surface area contributed by atoms with Gasteiger partial charge in [-0.2, -0.15) is 0 Å². The van der Waals surface area contributed by atoms with Crippen LogP contribution >= 0.6 is 11.8 Å². The van der Waals surface area contributed by atoms with Gasteiger partial charge in [-0.05, 0) is 37.5 Å². The maximum atomic E-state index is 11.8. The molecule has 1 atom stereocenters. The number of rotatable bonds is 2. The number of aryl methyl sites for hydroxylation is 1. The first-order chi connectivity index (χ1) is 8.72. The van der Waals surface area contributed by atoms with Crippen LogP contribution in [0.25, 0.3) is 11.0 Å². The van der Waals surface area contributed by atoms with Crippen molar-refractivity contribution in [3.8, 4) is 0 Å². The number of nitrogens with one attached hydrogen (secondary N) is 1. The van der Waals surface area contributed by atoms with Gasteiger partial charge in [-0.1, -0.05) is 24.2 Å². The van der Waals surface area contributed by atoms with Gasteiger partial charge in [0.05, 0.1) is 16.3 Å². The molecule has 3 rings (SSSR count). The minimum Gasteiger partial charge on any atom is -0.333 e. The van der Waals surface area contributed by atoms with E-state index in [9.17, 15) is 4.79 Å². The third-order valence-electron chi connectivity index (χ3n) is 3.37. The predicted molar refractivity (Wildman–Crippen MR) is 74.0 cm³/mol. The van der Waals surface area contributed by atoms with Crippen LogP contribution < -0.4 is 0 Å². The van der Waals surface area contributed by atoms with E-state index in [1.54, 1.807) is 11.8 Å². The first-order valence-electron chi connectivity index (χ1n) is 6.38. The van der Waals surface area contributed by atoms with Gasteiger partial charge in [0, 0.05) is 6.42 Å². The molecular weight excluding hydrogens is 244 g/mol. The number of Topliss-reactive ketones (excluding diaryl/α,β-unsaturated/α-hetero) is 1. The number of carbonyl (C=O) groups is 1. The maximum Gasteiger partial charge on any atom is 0.167 e. The number of carbonyl (C=O) groups excluding carboxylic acids is 1. The molecule has 0 saturated heterocycles. The molecule has 0 bridgehead atoms. The van der Waals surface area contributed by atoms with Crippen LogP contribution in [0.15, 0.2) is 23.4 Å². The number of hydrogen-bond acceptors (Lipinski definition) is 3. The lowest BCUT2D eigenvalue weighted by Gasteiger charge is -2.18. The van der Waals surface area contributed by atoms with E-state index in [1.807, 2.05) is 6.07 Å². The zero-order chi connectivity index (χ0) is 12.5. The molecule has 1 aliphatic rings. The van der Waals surface area contributed by atoms with Crippen molar-refractivity contribution >= 4 is 28.6 Å². The smallest absolute Gasteiger partial charge is 0.167 e. The van der Waals surface area contributed by atoms with Crippen LogP contribution in [0.1, 0.15) is 31.2 Å². The lowest BCUT2D eigenvalue weighted by atomic mass is 9.99. The summed E-state index contributed by atoms with van der Waals surface area (Å²) in [7, 11) is 0. The Morgan fingerprint density at radius 3 is 3.11 bits per heavy atom. The monoisotopic (exact) mass is 260 g/mol. The first kappa shape index (κ1) is 11.8. The van der Waals surface area contributed by atoms with Crippen LogP contribution in [0.3, 0.4) is 0 Å². The van der Waals surface area contributed by atoms with E-state index < -0.39 is 0 Å².